The van der Waals surface area contributed by atoms with Crippen molar-refractivity contribution in [2.24, 2.45) is 0 Å². The number of carbonyl (C=O) groups is 1. The standard InChI is InChI=1S/C14H21NO2/c1-9-7-10(2)12(11(3)8-9)17-13(16)15-14(4,5)6/h7-8H,1-6H3,(H,15,16). The molecule has 0 spiro atoms. The minimum atomic E-state index is -0.410. The van der Waals surface area contributed by atoms with Gasteiger partial charge in [-0.2, -0.15) is 0 Å². The Labute approximate surface area is 103 Å². The van der Waals surface area contributed by atoms with Crippen LogP contribution in [0, 0.1) is 20.8 Å². The van der Waals surface area contributed by atoms with Gasteiger partial charge in [-0.15, -0.1) is 0 Å². The van der Waals surface area contributed by atoms with Gasteiger partial charge in [0.05, 0.1) is 0 Å². The van der Waals surface area contributed by atoms with Gasteiger partial charge in [-0.1, -0.05) is 17.7 Å². The normalized spacial score (nSPS) is 11.2. The third kappa shape index (κ3) is 4.10. The van der Waals surface area contributed by atoms with Gasteiger partial charge in [0.1, 0.15) is 5.75 Å². The largest absolute Gasteiger partial charge is 0.413 e. The van der Waals surface area contributed by atoms with Gasteiger partial charge in [-0.05, 0) is 52.7 Å². The molecular weight excluding hydrogens is 214 g/mol. The quantitative estimate of drug-likeness (QED) is 0.809. The molecule has 0 heterocycles. The SMILES string of the molecule is Cc1cc(C)c(OC(=O)NC(C)(C)C)c(C)c1. The topological polar surface area (TPSA) is 38.3 Å². The van der Waals surface area contributed by atoms with Crippen molar-refractivity contribution in [1.82, 2.24) is 5.32 Å². The molecule has 94 valence electrons. The van der Waals surface area contributed by atoms with E-state index in [1.165, 1.54) is 5.56 Å². The number of ether oxygens (including phenoxy) is 1. The molecule has 1 aromatic rings. The molecule has 0 aromatic heterocycles. The number of aryl methyl sites for hydroxylation is 3. The average Bonchev–Trinajstić information content (AvgIpc) is 2.08. The van der Waals surface area contributed by atoms with Crippen LogP contribution in [0.3, 0.4) is 0 Å². The van der Waals surface area contributed by atoms with Gasteiger partial charge in [-0.3, -0.25) is 0 Å². The van der Waals surface area contributed by atoms with Gasteiger partial charge in [0, 0.05) is 5.54 Å². The molecule has 0 aliphatic heterocycles. The Morgan fingerprint density at radius 3 is 2.00 bits per heavy atom. The molecular formula is C14H21NO2. The van der Waals surface area contributed by atoms with Crippen molar-refractivity contribution >= 4 is 6.09 Å². The Balaban J connectivity index is 2.86. The summed E-state index contributed by atoms with van der Waals surface area (Å²) in [6.45, 7) is 11.7. The van der Waals surface area contributed by atoms with E-state index in [9.17, 15) is 4.79 Å². The monoisotopic (exact) mass is 235 g/mol. The van der Waals surface area contributed by atoms with Crippen molar-refractivity contribution in [2.75, 3.05) is 0 Å². The van der Waals surface area contributed by atoms with Crippen molar-refractivity contribution in [2.45, 2.75) is 47.1 Å². The molecule has 0 atom stereocenters. The summed E-state index contributed by atoms with van der Waals surface area (Å²) in [6.07, 6.45) is -0.410. The Morgan fingerprint density at radius 2 is 1.59 bits per heavy atom. The second-order valence-corrected chi connectivity index (χ2v) is 5.49. The minimum absolute atomic E-state index is 0.288. The zero-order valence-electron chi connectivity index (χ0n) is 11.5. The Hall–Kier alpha value is -1.51. The van der Waals surface area contributed by atoms with Crippen molar-refractivity contribution in [3.8, 4) is 5.75 Å². The maximum atomic E-state index is 11.7. The van der Waals surface area contributed by atoms with E-state index >= 15 is 0 Å². The molecule has 0 aliphatic carbocycles. The van der Waals surface area contributed by atoms with Gasteiger partial charge in [0.25, 0.3) is 0 Å². The fourth-order valence-corrected chi connectivity index (χ4v) is 1.75. The second kappa shape index (κ2) is 4.78. The average molecular weight is 235 g/mol. The lowest BCUT2D eigenvalue weighted by atomic mass is 10.1. The van der Waals surface area contributed by atoms with Gasteiger partial charge in [0.15, 0.2) is 0 Å². The van der Waals surface area contributed by atoms with Crippen LogP contribution >= 0.6 is 0 Å². The van der Waals surface area contributed by atoms with E-state index in [-0.39, 0.29) is 5.54 Å². The third-order valence-corrected chi connectivity index (χ3v) is 2.28. The van der Waals surface area contributed by atoms with E-state index in [1.54, 1.807) is 0 Å². The molecule has 3 heteroatoms. The fourth-order valence-electron chi connectivity index (χ4n) is 1.75. The molecule has 3 nitrogen and oxygen atoms in total. The summed E-state index contributed by atoms with van der Waals surface area (Å²) < 4.78 is 5.36. The molecule has 0 saturated carbocycles. The van der Waals surface area contributed by atoms with Gasteiger partial charge < -0.3 is 10.1 Å². The predicted octanol–water partition coefficient (Wildman–Crippen LogP) is 3.50. The number of hydrogen-bond donors (Lipinski definition) is 1. The molecule has 0 unspecified atom stereocenters. The highest BCUT2D eigenvalue weighted by atomic mass is 16.6. The maximum absolute atomic E-state index is 11.7. The van der Waals surface area contributed by atoms with E-state index in [1.807, 2.05) is 53.7 Å². The number of hydrogen-bond acceptors (Lipinski definition) is 2. The molecule has 0 radical (unpaired) electrons. The summed E-state index contributed by atoms with van der Waals surface area (Å²) >= 11 is 0. The molecule has 0 aliphatic rings. The highest BCUT2D eigenvalue weighted by Crippen LogP contribution is 2.24. The zero-order chi connectivity index (χ0) is 13.2. The highest BCUT2D eigenvalue weighted by Gasteiger charge is 2.17. The van der Waals surface area contributed by atoms with Crippen LogP contribution in [0.1, 0.15) is 37.5 Å². The summed E-state index contributed by atoms with van der Waals surface area (Å²) in [4.78, 5) is 11.7. The lowest BCUT2D eigenvalue weighted by molar-refractivity contribution is 0.190. The number of rotatable bonds is 1. The van der Waals surface area contributed by atoms with E-state index in [2.05, 4.69) is 5.32 Å². The lowest BCUT2D eigenvalue weighted by Crippen LogP contribution is -2.42. The Morgan fingerprint density at radius 1 is 1.12 bits per heavy atom. The van der Waals surface area contributed by atoms with Crippen LogP contribution in [0.25, 0.3) is 0 Å². The number of carbonyl (C=O) groups excluding carboxylic acids is 1. The van der Waals surface area contributed by atoms with Crippen LogP contribution in [-0.4, -0.2) is 11.6 Å². The van der Waals surface area contributed by atoms with Crippen LogP contribution < -0.4 is 10.1 Å². The molecule has 17 heavy (non-hydrogen) atoms. The van der Waals surface area contributed by atoms with Crippen molar-refractivity contribution in [1.29, 1.82) is 0 Å². The van der Waals surface area contributed by atoms with E-state index in [0.717, 1.165) is 11.1 Å². The first kappa shape index (κ1) is 13.6. The summed E-state index contributed by atoms with van der Waals surface area (Å²) in [5.74, 6) is 0.650. The smallest absolute Gasteiger partial charge is 0.410 e. The van der Waals surface area contributed by atoms with Crippen molar-refractivity contribution < 1.29 is 9.53 Å². The summed E-state index contributed by atoms with van der Waals surface area (Å²) in [7, 11) is 0. The molecule has 0 saturated heterocycles. The van der Waals surface area contributed by atoms with Crippen LogP contribution in [0.15, 0.2) is 12.1 Å². The van der Waals surface area contributed by atoms with Crippen LogP contribution in [0.4, 0.5) is 4.79 Å². The number of nitrogens with one attached hydrogen (secondary N) is 1. The van der Waals surface area contributed by atoms with Crippen LogP contribution in [0.5, 0.6) is 5.75 Å². The van der Waals surface area contributed by atoms with Gasteiger partial charge in [-0.25, -0.2) is 4.79 Å². The molecule has 1 N–H and O–H groups in total. The first-order valence-electron chi connectivity index (χ1n) is 5.77. The first-order valence-corrected chi connectivity index (χ1v) is 5.77. The molecule has 0 bridgehead atoms. The summed E-state index contributed by atoms with van der Waals surface area (Å²) in [5.41, 5.74) is 2.84. The summed E-state index contributed by atoms with van der Waals surface area (Å²) in [6, 6.07) is 4.01. The molecule has 0 fully saturated rings. The zero-order valence-corrected chi connectivity index (χ0v) is 11.5. The Kier molecular flexibility index (Phi) is 3.81. The third-order valence-electron chi connectivity index (χ3n) is 2.28. The van der Waals surface area contributed by atoms with E-state index in [4.69, 9.17) is 4.74 Å². The Bertz CT molecular complexity index is 407. The van der Waals surface area contributed by atoms with Crippen molar-refractivity contribution in [3.05, 3.63) is 28.8 Å². The fraction of sp³-hybridized carbons (Fsp3) is 0.500. The molecule has 1 amide bonds. The minimum Gasteiger partial charge on any atom is -0.410 e. The van der Waals surface area contributed by atoms with Gasteiger partial charge in [0.2, 0.25) is 0 Å². The lowest BCUT2D eigenvalue weighted by Gasteiger charge is -2.21. The van der Waals surface area contributed by atoms with E-state index in [0.29, 0.717) is 5.75 Å². The highest BCUT2D eigenvalue weighted by molar-refractivity contribution is 5.72. The van der Waals surface area contributed by atoms with Crippen molar-refractivity contribution in [3.63, 3.8) is 0 Å². The van der Waals surface area contributed by atoms with Crippen LogP contribution in [0.2, 0.25) is 0 Å². The summed E-state index contributed by atoms with van der Waals surface area (Å²) in [5, 5.41) is 2.78. The molecule has 1 aromatic carbocycles. The first-order chi connectivity index (χ1) is 7.69. The molecule has 1 rings (SSSR count). The van der Waals surface area contributed by atoms with E-state index < -0.39 is 6.09 Å². The maximum Gasteiger partial charge on any atom is 0.413 e. The van der Waals surface area contributed by atoms with Crippen LogP contribution in [-0.2, 0) is 0 Å². The number of amides is 1. The van der Waals surface area contributed by atoms with Gasteiger partial charge >= 0.3 is 6.09 Å². The second-order valence-electron chi connectivity index (χ2n) is 5.49. The predicted molar refractivity (Wildman–Crippen MR) is 69.6 cm³/mol. The number of benzene rings is 1.